The number of hydrogen-bond acceptors (Lipinski definition) is 4. The van der Waals surface area contributed by atoms with E-state index in [1.165, 1.54) is 19.3 Å². The summed E-state index contributed by atoms with van der Waals surface area (Å²) in [5.41, 5.74) is 9.65. The molecule has 2 heterocycles. The second-order valence-electron chi connectivity index (χ2n) is 6.18. The minimum Gasteiger partial charge on any atom is -0.398 e. The Balaban J connectivity index is 1.88. The van der Waals surface area contributed by atoms with Gasteiger partial charge in [-0.2, -0.15) is 0 Å². The van der Waals surface area contributed by atoms with E-state index in [2.05, 4.69) is 11.8 Å². The lowest BCUT2D eigenvalue weighted by molar-refractivity contribution is 0.0303. The van der Waals surface area contributed by atoms with Crippen molar-refractivity contribution in [3.63, 3.8) is 0 Å². The SMILES string of the molecule is Cc1cc(N)c(C(=O)N2CCOCC2)cc1N1CCCCC1. The summed E-state index contributed by atoms with van der Waals surface area (Å²) in [6.07, 6.45) is 3.73. The summed E-state index contributed by atoms with van der Waals surface area (Å²) in [6.45, 7) is 6.71. The maximum absolute atomic E-state index is 12.7. The molecule has 0 saturated carbocycles. The van der Waals surface area contributed by atoms with Crippen LogP contribution in [0.5, 0.6) is 0 Å². The van der Waals surface area contributed by atoms with Crippen LogP contribution in [0.2, 0.25) is 0 Å². The first-order valence-electron chi connectivity index (χ1n) is 8.19. The molecule has 2 fully saturated rings. The minimum atomic E-state index is 0.0269. The molecule has 0 aromatic heterocycles. The smallest absolute Gasteiger partial charge is 0.256 e. The monoisotopic (exact) mass is 303 g/mol. The van der Waals surface area contributed by atoms with E-state index in [1.54, 1.807) is 0 Å². The van der Waals surface area contributed by atoms with Crippen molar-refractivity contribution >= 4 is 17.3 Å². The van der Waals surface area contributed by atoms with Gasteiger partial charge in [-0.3, -0.25) is 4.79 Å². The highest BCUT2D eigenvalue weighted by Crippen LogP contribution is 2.29. The number of hydrogen-bond donors (Lipinski definition) is 1. The van der Waals surface area contributed by atoms with Crippen LogP contribution >= 0.6 is 0 Å². The number of carbonyl (C=O) groups excluding carboxylic acids is 1. The Hall–Kier alpha value is -1.75. The van der Waals surface area contributed by atoms with Crippen molar-refractivity contribution in [2.45, 2.75) is 26.2 Å². The van der Waals surface area contributed by atoms with Crippen molar-refractivity contribution in [1.29, 1.82) is 0 Å². The average Bonchev–Trinajstić information content (AvgIpc) is 2.56. The number of benzene rings is 1. The van der Waals surface area contributed by atoms with E-state index in [4.69, 9.17) is 10.5 Å². The van der Waals surface area contributed by atoms with Crippen molar-refractivity contribution in [1.82, 2.24) is 4.90 Å². The first-order chi connectivity index (χ1) is 10.7. The van der Waals surface area contributed by atoms with Crippen LogP contribution in [0.1, 0.15) is 35.2 Å². The fourth-order valence-corrected chi connectivity index (χ4v) is 3.32. The normalized spacial score (nSPS) is 19.3. The van der Waals surface area contributed by atoms with Crippen LogP contribution in [0.15, 0.2) is 12.1 Å². The molecule has 5 nitrogen and oxygen atoms in total. The Morgan fingerprint density at radius 3 is 2.45 bits per heavy atom. The predicted octanol–water partition coefficient (Wildman–Crippen LogP) is 2.04. The zero-order valence-electron chi connectivity index (χ0n) is 13.3. The Morgan fingerprint density at radius 1 is 1.09 bits per heavy atom. The Kier molecular flexibility index (Phi) is 4.52. The first kappa shape index (κ1) is 15.2. The van der Waals surface area contributed by atoms with Gasteiger partial charge >= 0.3 is 0 Å². The molecule has 3 rings (SSSR count). The summed E-state index contributed by atoms with van der Waals surface area (Å²) in [4.78, 5) is 17.0. The van der Waals surface area contributed by atoms with Crippen LogP contribution in [-0.4, -0.2) is 50.2 Å². The maximum Gasteiger partial charge on any atom is 0.256 e. The first-order valence-corrected chi connectivity index (χ1v) is 8.19. The maximum atomic E-state index is 12.7. The lowest BCUT2D eigenvalue weighted by Gasteiger charge is -2.32. The summed E-state index contributed by atoms with van der Waals surface area (Å²) in [6, 6.07) is 3.94. The van der Waals surface area contributed by atoms with Crippen LogP contribution in [-0.2, 0) is 4.74 Å². The highest BCUT2D eigenvalue weighted by Gasteiger charge is 2.23. The topological polar surface area (TPSA) is 58.8 Å². The van der Waals surface area contributed by atoms with Crippen molar-refractivity contribution in [2.24, 2.45) is 0 Å². The Labute approximate surface area is 132 Å². The number of anilines is 2. The average molecular weight is 303 g/mol. The summed E-state index contributed by atoms with van der Waals surface area (Å²) in [5.74, 6) is 0.0269. The summed E-state index contributed by atoms with van der Waals surface area (Å²) >= 11 is 0. The highest BCUT2D eigenvalue weighted by molar-refractivity contribution is 6.00. The van der Waals surface area contributed by atoms with Gasteiger partial charge in [-0.05, 0) is 43.9 Å². The van der Waals surface area contributed by atoms with Crippen molar-refractivity contribution in [2.75, 3.05) is 50.0 Å². The molecule has 0 spiro atoms. The van der Waals surface area contributed by atoms with Gasteiger partial charge in [0, 0.05) is 37.6 Å². The van der Waals surface area contributed by atoms with E-state index >= 15 is 0 Å². The molecule has 5 heteroatoms. The zero-order valence-corrected chi connectivity index (χ0v) is 13.3. The molecule has 120 valence electrons. The summed E-state index contributed by atoms with van der Waals surface area (Å²) in [7, 11) is 0. The van der Waals surface area contributed by atoms with Gasteiger partial charge in [0.2, 0.25) is 0 Å². The number of nitrogens with zero attached hydrogens (tertiary/aromatic N) is 2. The molecule has 1 aromatic carbocycles. The molecule has 1 amide bonds. The molecule has 2 saturated heterocycles. The summed E-state index contributed by atoms with van der Waals surface area (Å²) < 4.78 is 5.32. The molecule has 0 aliphatic carbocycles. The third kappa shape index (κ3) is 3.04. The van der Waals surface area contributed by atoms with Crippen LogP contribution in [0, 0.1) is 6.92 Å². The molecule has 0 bridgehead atoms. The number of carbonyl (C=O) groups is 1. The van der Waals surface area contributed by atoms with E-state index in [0.717, 1.165) is 24.3 Å². The molecular weight excluding hydrogens is 278 g/mol. The van der Waals surface area contributed by atoms with E-state index in [1.807, 2.05) is 17.0 Å². The minimum absolute atomic E-state index is 0.0269. The van der Waals surface area contributed by atoms with E-state index in [-0.39, 0.29) is 5.91 Å². The molecule has 1 aromatic rings. The van der Waals surface area contributed by atoms with Gasteiger partial charge in [0.1, 0.15) is 0 Å². The molecule has 0 radical (unpaired) electrons. The Morgan fingerprint density at radius 2 is 1.77 bits per heavy atom. The molecule has 0 atom stereocenters. The zero-order chi connectivity index (χ0) is 15.5. The predicted molar refractivity (Wildman–Crippen MR) is 88.4 cm³/mol. The summed E-state index contributed by atoms with van der Waals surface area (Å²) in [5, 5.41) is 0. The number of ether oxygens (including phenoxy) is 1. The Bertz CT molecular complexity index is 547. The van der Waals surface area contributed by atoms with Gasteiger partial charge in [-0.15, -0.1) is 0 Å². The van der Waals surface area contributed by atoms with Crippen LogP contribution in [0.25, 0.3) is 0 Å². The van der Waals surface area contributed by atoms with Gasteiger partial charge in [-0.25, -0.2) is 0 Å². The van der Waals surface area contributed by atoms with E-state index < -0.39 is 0 Å². The number of morpholine rings is 1. The number of rotatable bonds is 2. The number of amides is 1. The van der Waals surface area contributed by atoms with Crippen LogP contribution < -0.4 is 10.6 Å². The quantitative estimate of drug-likeness (QED) is 0.850. The fourth-order valence-electron chi connectivity index (χ4n) is 3.32. The third-order valence-corrected chi connectivity index (χ3v) is 4.59. The van der Waals surface area contributed by atoms with Gasteiger partial charge in [0.05, 0.1) is 18.8 Å². The lowest BCUT2D eigenvalue weighted by Crippen LogP contribution is -2.41. The van der Waals surface area contributed by atoms with Crippen molar-refractivity contribution in [3.05, 3.63) is 23.3 Å². The molecule has 2 aliphatic heterocycles. The van der Waals surface area contributed by atoms with Crippen LogP contribution in [0.3, 0.4) is 0 Å². The lowest BCUT2D eigenvalue weighted by atomic mass is 10.0. The second kappa shape index (κ2) is 6.57. The fraction of sp³-hybridized carbons (Fsp3) is 0.588. The second-order valence-corrected chi connectivity index (χ2v) is 6.18. The third-order valence-electron chi connectivity index (χ3n) is 4.59. The number of nitrogens with two attached hydrogens (primary N) is 1. The van der Waals surface area contributed by atoms with E-state index in [9.17, 15) is 4.79 Å². The van der Waals surface area contributed by atoms with Gasteiger partial charge < -0.3 is 20.3 Å². The van der Waals surface area contributed by atoms with Crippen molar-refractivity contribution in [3.8, 4) is 0 Å². The largest absolute Gasteiger partial charge is 0.398 e. The van der Waals surface area contributed by atoms with Crippen molar-refractivity contribution < 1.29 is 9.53 Å². The standard InChI is InChI=1S/C17H25N3O2/c1-13-11-15(18)14(17(21)20-7-9-22-10-8-20)12-16(13)19-5-3-2-4-6-19/h11-12H,2-10,18H2,1H3. The molecule has 22 heavy (non-hydrogen) atoms. The van der Waals surface area contributed by atoms with Gasteiger partial charge in [0.15, 0.2) is 0 Å². The number of aryl methyl sites for hydroxylation is 1. The van der Waals surface area contributed by atoms with Gasteiger partial charge in [-0.1, -0.05) is 0 Å². The van der Waals surface area contributed by atoms with E-state index in [0.29, 0.717) is 37.6 Å². The van der Waals surface area contributed by atoms with Crippen LogP contribution in [0.4, 0.5) is 11.4 Å². The molecule has 0 unspecified atom stereocenters. The number of piperidine rings is 1. The molecular formula is C17H25N3O2. The van der Waals surface area contributed by atoms with Gasteiger partial charge in [0.25, 0.3) is 5.91 Å². The molecule has 2 aliphatic rings. The number of nitrogen functional groups attached to an aromatic ring is 1. The highest BCUT2D eigenvalue weighted by atomic mass is 16.5. The molecule has 2 N–H and O–H groups in total.